The molecule has 17 heavy (non-hydrogen) atoms. The van der Waals surface area contributed by atoms with E-state index in [-0.39, 0.29) is 6.61 Å². The lowest BCUT2D eigenvalue weighted by Gasteiger charge is -2.14. The van der Waals surface area contributed by atoms with Crippen molar-refractivity contribution in [1.29, 1.82) is 0 Å². The molecule has 4 nitrogen and oxygen atoms in total. The molecule has 4 N–H and O–H groups in total. The number of hydrogen-bond donors (Lipinski definition) is 3. The highest BCUT2D eigenvalue weighted by Crippen LogP contribution is 2.25. The fraction of sp³-hybridized carbons (Fsp3) is 0.538. The van der Waals surface area contributed by atoms with Gasteiger partial charge in [0.15, 0.2) is 0 Å². The van der Waals surface area contributed by atoms with Crippen LogP contribution in [0.15, 0.2) is 18.2 Å². The van der Waals surface area contributed by atoms with E-state index in [4.69, 9.17) is 15.6 Å². The van der Waals surface area contributed by atoms with E-state index in [0.717, 1.165) is 18.7 Å². The maximum atomic E-state index is 8.82. The van der Waals surface area contributed by atoms with E-state index < -0.39 is 0 Å². The summed E-state index contributed by atoms with van der Waals surface area (Å²) in [5, 5.41) is 12.1. The van der Waals surface area contributed by atoms with Gasteiger partial charge in [0.25, 0.3) is 0 Å². The van der Waals surface area contributed by atoms with Gasteiger partial charge in [-0.1, -0.05) is 6.92 Å². The van der Waals surface area contributed by atoms with Crippen molar-refractivity contribution in [2.24, 2.45) is 5.92 Å². The smallest absolute Gasteiger partial charge is 0.144 e. The third kappa shape index (κ3) is 4.53. The quantitative estimate of drug-likeness (QED) is 0.636. The summed E-state index contributed by atoms with van der Waals surface area (Å²) in [6, 6.07) is 5.68. The molecule has 0 aliphatic heterocycles. The summed E-state index contributed by atoms with van der Waals surface area (Å²) in [7, 11) is 0. The molecule has 0 aliphatic rings. The molecule has 0 bridgehead atoms. The zero-order chi connectivity index (χ0) is 12.7. The van der Waals surface area contributed by atoms with E-state index >= 15 is 0 Å². The minimum atomic E-state index is 0.231. The summed E-state index contributed by atoms with van der Waals surface area (Å²) in [5.74, 6) is 1.15. The number of nitrogens with one attached hydrogen (secondary N) is 1. The zero-order valence-corrected chi connectivity index (χ0v) is 10.6. The molecule has 0 radical (unpaired) electrons. The van der Waals surface area contributed by atoms with Crippen LogP contribution in [0.5, 0.6) is 5.75 Å². The summed E-state index contributed by atoms with van der Waals surface area (Å²) in [4.78, 5) is 0. The maximum Gasteiger partial charge on any atom is 0.144 e. The number of aliphatic hydroxyl groups is 1. The Bertz CT molecular complexity index is 342. The number of benzene rings is 1. The SMILES string of the molecule is CCOc1cc(NCC(C)CCO)ccc1N. The molecule has 0 aromatic heterocycles. The lowest BCUT2D eigenvalue weighted by molar-refractivity contribution is 0.266. The average Bonchev–Trinajstić information content (AvgIpc) is 2.31. The molecule has 0 fully saturated rings. The van der Waals surface area contributed by atoms with Crippen LogP contribution in [0.25, 0.3) is 0 Å². The minimum Gasteiger partial charge on any atom is -0.492 e. The Kier molecular flexibility index (Phi) is 5.63. The third-order valence-corrected chi connectivity index (χ3v) is 2.59. The Morgan fingerprint density at radius 1 is 1.47 bits per heavy atom. The molecule has 96 valence electrons. The maximum absolute atomic E-state index is 8.82. The number of nitrogen functional groups attached to an aromatic ring is 1. The number of anilines is 2. The first-order valence-electron chi connectivity index (χ1n) is 6.04. The number of hydrogen-bond acceptors (Lipinski definition) is 4. The van der Waals surface area contributed by atoms with Crippen molar-refractivity contribution in [3.63, 3.8) is 0 Å². The Labute approximate surface area is 103 Å². The van der Waals surface area contributed by atoms with Crippen LogP contribution in [-0.4, -0.2) is 24.9 Å². The average molecular weight is 238 g/mol. The predicted molar refractivity (Wildman–Crippen MR) is 71.4 cm³/mol. The van der Waals surface area contributed by atoms with Crippen molar-refractivity contribution < 1.29 is 9.84 Å². The van der Waals surface area contributed by atoms with Crippen molar-refractivity contribution in [2.45, 2.75) is 20.3 Å². The van der Waals surface area contributed by atoms with E-state index in [1.807, 2.05) is 25.1 Å². The van der Waals surface area contributed by atoms with E-state index in [0.29, 0.717) is 24.0 Å². The summed E-state index contributed by atoms with van der Waals surface area (Å²) in [5.41, 5.74) is 7.44. The molecule has 1 aromatic rings. The zero-order valence-electron chi connectivity index (χ0n) is 10.6. The van der Waals surface area contributed by atoms with Gasteiger partial charge >= 0.3 is 0 Å². The normalized spacial score (nSPS) is 12.2. The molecule has 4 heteroatoms. The minimum absolute atomic E-state index is 0.231. The molecule has 0 saturated carbocycles. The van der Waals surface area contributed by atoms with Gasteiger partial charge < -0.3 is 20.9 Å². The van der Waals surface area contributed by atoms with Crippen molar-refractivity contribution in [1.82, 2.24) is 0 Å². The van der Waals surface area contributed by atoms with Crippen molar-refractivity contribution in [2.75, 3.05) is 30.8 Å². The van der Waals surface area contributed by atoms with Crippen LogP contribution in [0, 0.1) is 5.92 Å². The topological polar surface area (TPSA) is 67.5 Å². The van der Waals surface area contributed by atoms with Crippen LogP contribution in [-0.2, 0) is 0 Å². The van der Waals surface area contributed by atoms with Crippen molar-refractivity contribution in [3.8, 4) is 5.75 Å². The van der Waals surface area contributed by atoms with Crippen LogP contribution in [0.1, 0.15) is 20.3 Å². The van der Waals surface area contributed by atoms with Crippen LogP contribution in [0.2, 0.25) is 0 Å². The Hall–Kier alpha value is -1.42. The Morgan fingerprint density at radius 2 is 2.24 bits per heavy atom. The van der Waals surface area contributed by atoms with E-state index in [9.17, 15) is 0 Å². The molecule has 0 spiro atoms. The fourth-order valence-corrected chi connectivity index (χ4v) is 1.54. The van der Waals surface area contributed by atoms with Gasteiger partial charge in [0.05, 0.1) is 12.3 Å². The van der Waals surface area contributed by atoms with Crippen LogP contribution >= 0.6 is 0 Å². The van der Waals surface area contributed by atoms with Gasteiger partial charge in [0.1, 0.15) is 5.75 Å². The lowest BCUT2D eigenvalue weighted by atomic mass is 10.1. The van der Waals surface area contributed by atoms with Crippen LogP contribution in [0.4, 0.5) is 11.4 Å². The first-order valence-corrected chi connectivity index (χ1v) is 6.04. The van der Waals surface area contributed by atoms with Gasteiger partial charge in [-0.25, -0.2) is 0 Å². The highest BCUT2D eigenvalue weighted by molar-refractivity contribution is 5.61. The number of ether oxygens (including phenoxy) is 1. The molecule has 0 saturated heterocycles. The lowest BCUT2D eigenvalue weighted by Crippen LogP contribution is -2.12. The third-order valence-electron chi connectivity index (χ3n) is 2.59. The molecular weight excluding hydrogens is 216 g/mol. The second-order valence-electron chi connectivity index (χ2n) is 4.18. The highest BCUT2D eigenvalue weighted by atomic mass is 16.5. The Balaban J connectivity index is 2.56. The first-order chi connectivity index (χ1) is 8.17. The van der Waals surface area contributed by atoms with Gasteiger partial charge in [-0.15, -0.1) is 0 Å². The molecule has 1 atom stereocenters. The summed E-state index contributed by atoms with van der Waals surface area (Å²) in [6.07, 6.45) is 0.806. The van der Waals surface area contributed by atoms with Crippen molar-refractivity contribution >= 4 is 11.4 Å². The standard InChI is InChI=1S/C13H22N2O2/c1-3-17-13-8-11(4-5-12(13)14)15-9-10(2)6-7-16/h4-5,8,10,15-16H,3,6-7,9,14H2,1-2H3. The molecule has 1 rings (SSSR count). The molecule has 0 aliphatic carbocycles. The van der Waals surface area contributed by atoms with Gasteiger partial charge in [-0.05, 0) is 31.4 Å². The molecule has 1 aromatic carbocycles. The van der Waals surface area contributed by atoms with E-state index in [1.54, 1.807) is 0 Å². The molecular formula is C13H22N2O2. The van der Waals surface area contributed by atoms with Gasteiger partial charge in [0.2, 0.25) is 0 Å². The molecule has 0 amide bonds. The highest BCUT2D eigenvalue weighted by Gasteiger charge is 2.04. The van der Waals surface area contributed by atoms with Gasteiger partial charge in [-0.2, -0.15) is 0 Å². The second kappa shape index (κ2) is 7.01. The number of aliphatic hydroxyl groups excluding tert-OH is 1. The summed E-state index contributed by atoms with van der Waals surface area (Å²) in [6.45, 7) is 5.70. The van der Waals surface area contributed by atoms with E-state index in [1.165, 1.54) is 0 Å². The number of rotatable bonds is 7. The monoisotopic (exact) mass is 238 g/mol. The van der Waals surface area contributed by atoms with Gasteiger partial charge in [0, 0.05) is 24.9 Å². The summed E-state index contributed by atoms with van der Waals surface area (Å²) < 4.78 is 5.43. The van der Waals surface area contributed by atoms with E-state index in [2.05, 4.69) is 12.2 Å². The first kappa shape index (κ1) is 13.6. The van der Waals surface area contributed by atoms with Crippen LogP contribution in [0.3, 0.4) is 0 Å². The summed E-state index contributed by atoms with van der Waals surface area (Å²) >= 11 is 0. The Morgan fingerprint density at radius 3 is 2.88 bits per heavy atom. The predicted octanol–water partition coefficient (Wildman–Crippen LogP) is 2.10. The molecule has 0 heterocycles. The molecule has 1 unspecified atom stereocenters. The van der Waals surface area contributed by atoms with Crippen molar-refractivity contribution in [3.05, 3.63) is 18.2 Å². The van der Waals surface area contributed by atoms with Crippen LogP contribution < -0.4 is 15.8 Å². The fourth-order valence-electron chi connectivity index (χ4n) is 1.54. The van der Waals surface area contributed by atoms with Gasteiger partial charge in [-0.3, -0.25) is 0 Å². The number of nitrogens with two attached hydrogens (primary N) is 1. The second-order valence-corrected chi connectivity index (χ2v) is 4.18. The largest absolute Gasteiger partial charge is 0.492 e.